The lowest BCUT2D eigenvalue weighted by molar-refractivity contribution is -0.123. The summed E-state index contributed by atoms with van der Waals surface area (Å²) >= 11 is 0. The highest BCUT2D eigenvalue weighted by Crippen LogP contribution is 2.30. The number of hydrogen-bond donors (Lipinski definition) is 1. The Morgan fingerprint density at radius 3 is 2.56 bits per heavy atom. The first-order valence-corrected chi connectivity index (χ1v) is 9.00. The highest BCUT2D eigenvalue weighted by Gasteiger charge is 2.22. The van der Waals surface area contributed by atoms with Crippen LogP contribution in [-0.4, -0.2) is 49.6 Å². The summed E-state index contributed by atoms with van der Waals surface area (Å²) in [4.78, 5) is 32.4. The Bertz CT molecular complexity index is 776. The number of benzene rings is 1. The minimum absolute atomic E-state index is 0.0260. The average Bonchev–Trinajstić information content (AvgIpc) is 2.72. The van der Waals surface area contributed by atoms with Crippen LogP contribution in [0.3, 0.4) is 0 Å². The molecule has 0 saturated carbocycles. The summed E-state index contributed by atoms with van der Waals surface area (Å²) in [6, 6.07) is 11.4. The monoisotopic (exact) mass is 368 g/mol. The first kappa shape index (κ1) is 18.8. The molecule has 7 nitrogen and oxygen atoms in total. The largest absolute Gasteiger partial charge is 0.378 e. The van der Waals surface area contributed by atoms with Gasteiger partial charge < -0.3 is 19.9 Å². The van der Waals surface area contributed by atoms with E-state index >= 15 is 0 Å². The molecule has 1 aromatic heterocycles. The molecule has 142 valence electrons. The van der Waals surface area contributed by atoms with Crippen molar-refractivity contribution in [3.05, 3.63) is 54.4 Å². The van der Waals surface area contributed by atoms with Crippen molar-refractivity contribution in [3.8, 4) is 0 Å². The van der Waals surface area contributed by atoms with Crippen LogP contribution in [0.4, 0.5) is 11.4 Å². The molecule has 1 aliphatic heterocycles. The van der Waals surface area contributed by atoms with Crippen LogP contribution in [0.1, 0.15) is 12.5 Å². The Kier molecular flexibility index (Phi) is 6.38. The Labute approximate surface area is 158 Å². The van der Waals surface area contributed by atoms with Gasteiger partial charge in [-0.05, 0) is 29.8 Å². The number of hydrogen-bond acceptors (Lipinski definition) is 5. The van der Waals surface area contributed by atoms with Gasteiger partial charge >= 0.3 is 0 Å². The molecule has 0 radical (unpaired) electrons. The third-order valence-corrected chi connectivity index (χ3v) is 4.45. The zero-order chi connectivity index (χ0) is 19.1. The molecule has 2 amide bonds. The van der Waals surface area contributed by atoms with E-state index in [0.29, 0.717) is 19.8 Å². The Balaban J connectivity index is 1.72. The summed E-state index contributed by atoms with van der Waals surface area (Å²) < 4.78 is 5.42. The number of nitrogens with one attached hydrogen (secondary N) is 1. The molecule has 1 aromatic carbocycles. The number of carbonyl (C=O) groups is 2. The molecule has 3 rings (SSSR count). The van der Waals surface area contributed by atoms with Crippen LogP contribution >= 0.6 is 0 Å². The quantitative estimate of drug-likeness (QED) is 0.838. The summed E-state index contributed by atoms with van der Waals surface area (Å²) in [6.45, 7) is 4.68. The molecular weight excluding hydrogens is 344 g/mol. The zero-order valence-electron chi connectivity index (χ0n) is 15.4. The Hall–Kier alpha value is -2.93. The second-order valence-corrected chi connectivity index (χ2v) is 6.33. The lowest BCUT2D eigenvalue weighted by Crippen LogP contribution is -2.42. The molecule has 27 heavy (non-hydrogen) atoms. The second kappa shape index (κ2) is 9.14. The summed E-state index contributed by atoms with van der Waals surface area (Å²) in [6.07, 6.45) is 3.36. The standard InChI is InChI=1S/C20H24N4O3/c1-16(25)24(15-20(26)22-14-17-6-8-21-9-7-17)19-5-3-2-4-18(19)23-10-12-27-13-11-23/h2-9H,10-15H2,1H3,(H,22,26). The van der Waals surface area contributed by atoms with Crippen molar-refractivity contribution in [3.63, 3.8) is 0 Å². The molecule has 0 spiro atoms. The van der Waals surface area contributed by atoms with E-state index in [1.165, 1.54) is 11.8 Å². The predicted molar refractivity (Wildman–Crippen MR) is 104 cm³/mol. The van der Waals surface area contributed by atoms with Gasteiger partial charge in [-0.1, -0.05) is 12.1 Å². The first-order valence-electron chi connectivity index (χ1n) is 9.00. The van der Waals surface area contributed by atoms with Crippen molar-refractivity contribution in [1.29, 1.82) is 0 Å². The van der Waals surface area contributed by atoms with Crippen LogP contribution in [0.25, 0.3) is 0 Å². The number of anilines is 2. The van der Waals surface area contributed by atoms with E-state index in [1.807, 2.05) is 36.4 Å². The fourth-order valence-corrected chi connectivity index (χ4v) is 3.03. The van der Waals surface area contributed by atoms with E-state index in [1.54, 1.807) is 12.4 Å². The van der Waals surface area contributed by atoms with Crippen LogP contribution in [0.2, 0.25) is 0 Å². The van der Waals surface area contributed by atoms with E-state index in [-0.39, 0.29) is 18.4 Å². The number of pyridine rings is 1. The summed E-state index contributed by atoms with van der Waals surface area (Å²) in [5, 5.41) is 2.86. The van der Waals surface area contributed by atoms with Gasteiger partial charge in [0.1, 0.15) is 6.54 Å². The van der Waals surface area contributed by atoms with E-state index in [0.717, 1.165) is 30.0 Å². The fraction of sp³-hybridized carbons (Fsp3) is 0.350. The minimum Gasteiger partial charge on any atom is -0.378 e. The third kappa shape index (κ3) is 5.04. The van der Waals surface area contributed by atoms with Gasteiger partial charge in [-0.25, -0.2) is 0 Å². The summed E-state index contributed by atoms with van der Waals surface area (Å²) in [5.74, 6) is -0.381. The highest BCUT2D eigenvalue weighted by molar-refractivity contribution is 6.00. The first-order chi connectivity index (χ1) is 13.1. The van der Waals surface area contributed by atoms with Crippen molar-refractivity contribution >= 4 is 23.2 Å². The van der Waals surface area contributed by atoms with Crippen LogP contribution in [0.5, 0.6) is 0 Å². The van der Waals surface area contributed by atoms with Gasteiger partial charge in [0, 0.05) is 39.0 Å². The number of rotatable bonds is 6. The van der Waals surface area contributed by atoms with Crippen molar-refractivity contribution in [1.82, 2.24) is 10.3 Å². The van der Waals surface area contributed by atoms with Gasteiger partial charge in [-0.2, -0.15) is 0 Å². The summed E-state index contributed by atoms with van der Waals surface area (Å²) in [5.41, 5.74) is 2.64. The maximum atomic E-state index is 12.4. The molecule has 1 N–H and O–H groups in total. The van der Waals surface area contributed by atoms with E-state index < -0.39 is 0 Å². The number of ether oxygens (including phenoxy) is 1. The van der Waals surface area contributed by atoms with Crippen LogP contribution in [-0.2, 0) is 20.9 Å². The van der Waals surface area contributed by atoms with E-state index in [9.17, 15) is 9.59 Å². The molecule has 1 fully saturated rings. The lowest BCUT2D eigenvalue weighted by atomic mass is 10.2. The number of nitrogens with zero attached hydrogens (tertiary/aromatic N) is 3. The van der Waals surface area contributed by atoms with Crippen molar-refractivity contribution < 1.29 is 14.3 Å². The van der Waals surface area contributed by atoms with Gasteiger partial charge in [0.25, 0.3) is 0 Å². The third-order valence-electron chi connectivity index (χ3n) is 4.45. The highest BCUT2D eigenvalue weighted by atomic mass is 16.5. The normalized spacial score (nSPS) is 13.9. The predicted octanol–water partition coefficient (Wildman–Crippen LogP) is 1.59. The number of morpholine rings is 1. The molecule has 1 saturated heterocycles. The SMILES string of the molecule is CC(=O)N(CC(=O)NCc1ccncc1)c1ccccc1N1CCOCC1. The molecule has 0 unspecified atom stereocenters. The second-order valence-electron chi connectivity index (χ2n) is 6.33. The number of aromatic nitrogens is 1. The van der Waals surface area contributed by atoms with Crippen LogP contribution < -0.4 is 15.1 Å². The van der Waals surface area contributed by atoms with Gasteiger partial charge in [-0.15, -0.1) is 0 Å². The Morgan fingerprint density at radius 2 is 1.85 bits per heavy atom. The molecule has 2 aromatic rings. The maximum absolute atomic E-state index is 12.4. The van der Waals surface area contributed by atoms with E-state index in [4.69, 9.17) is 4.74 Å². The van der Waals surface area contributed by atoms with Crippen molar-refractivity contribution in [2.75, 3.05) is 42.6 Å². The zero-order valence-corrected chi connectivity index (χ0v) is 15.4. The van der Waals surface area contributed by atoms with Gasteiger partial charge in [0.05, 0.1) is 24.6 Å². The van der Waals surface area contributed by atoms with Crippen LogP contribution in [0, 0.1) is 0 Å². The van der Waals surface area contributed by atoms with Crippen molar-refractivity contribution in [2.45, 2.75) is 13.5 Å². The topological polar surface area (TPSA) is 74.8 Å². The van der Waals surface area contributed by atoms with Gasteiger partial charge in [0.2, 0.25) is 11.8 Å². The smallest absolute Gasteiger partial charge is 0.240 e. The molecule has 7 heteroatoms. The number of amides is 2. The van der Waals surface area contributed by atoms with Crippen LogP contribution in [0.15, 0.2) is 48.8 Å². The minimum atomic E-state index is -0.209. The molecule has 0 atom stereocenters. The van der Waals surface area contributed by atoms with Gasteiger partial charge in [-0.3, -0.25) is 14.6 Å². The molecule has 0 aliphatic carbocycles. The molecule has 1 aliphatic rings. The summed E-state index contributed by atoms with van der Waals surface area (Å²) in [7, 11) is 0. The Morgan fingerprint density at radius 1 is 1.15 bits per heavy atom. The van der Waals surface area contributed by atoms with E-state index in [2.05, 4.69) is 15.2 Å². The molecular formula is C20H24N4O3. The number of carbonyl (C=O) groups excluding carboxylic acids is 2. The van der Waals surface area contributed by atoms with Gasteiger partial charge in [0.15, 0.2) is 0 Å². The fourth-order valence-electron chi connectivity index (χ4n) is 3.03. The van der Waals surface area contributed by atoms with Crippen molar-refractivity contribution in [2.24, 2.45) is 0 Å². The lowest BCUT2D eigenvalue weighted by Gasteiger charge is -2.33. The maximum Gasteiger partial charge on any atom is 0.240 e. The number of para-hydroxylation sites is 2. The molecule has 0 bridgehead atoms. The average molecular weight is 368 g/mol. The molecule has 2 heterocycles.